The average Bonchev–Trinajstić information content (AvgIpc) is 2.23. The zero-order valence-corrected chi connectivity index (χ0v) is 7.74. The second-order valence-electron chi connectivity index (χ2n) is 3.45. The van der Waals surface area contributed by atoms with Gasteiger partial charge < -0.3 is 15.1 Å². The molecule has 1 aromatic rings. The molecule has 5 nitrogen and oxygen atoms in total. The molecule has 0 spiro atoms. The number of piperidine rings is 1. The molecule has 2 heterocycles. The van der Waals surface area contributed by atoms with Crippen LogP contribution >= 0.6 is 0 Å². The molecule has 0 radical (unpaired) electrons. The smallest absolute Gasteiger partial charge is 0.151 e. The van der Waals surface area contributed by atoms with E-state index in [1.807, 2.05) is 11.0 Å². The molecule has 0 aliphatic carbocycles. The maximum Gasteiger partial charge on any atom is 0.151 e. The number of hydrogen-bond donors (Lipinski definition) is 2. The standard InChI is InChI=1S/C9H13N3O2/c13-7-3-5-12(6-8(7)14)9-2-1-4-10-11-9/h1-2,4,7-8,13-14H,3,5-6H2. The van der Waals surface area contributed by atoms with Crippen LogP contribution in [-0.2, 0) is 0 Å². The highest BCUT2D eigenvalue weighted by Gasteiger charge is 2.26. The lowest BCUT2D eigenvalue weighted by Crippen LogP contribution is -2.47. The summed E-state index contributed by atoms with van der Waals surface area (Å²) in [7, 11) is 0. The van der Waals surface area contributed by atoms with Crippen molar-refractivity contribution in [3.63, 3.8) is 0 Å². The molecule has 0 saturated carbocycles. The highest BCUT2D eigenvalue weighted by Crippen LogP contribution is 2.16. The van der Waals surface area contributed by atoms with Crippen LogP contribution in [0.15, 0.2) is 18.3 Å². The van der Waals surface area contributed by atoms with Crippen LogP contribution in [0.25, 0.3) is 0 Å². The van der Waals surface area contributed by atoms with Crippen LogP contribution in [0.5, 0.6) is 0 Å². The Bertz CT molecular complexity index is 293. The van der Waals surface area contributed by atoms with E-state index in [0.717, 1.165) is 5.82 Å². The van der Waals surface area contributed by atoms with E-state index in [0.29, 0.717) is 19.5 Å². The molecule has 1 saturated heterocycles. The molecule has 0 aromatic carbocycles. The maximum atomic E-state index is 9.47. The molecule has 2 N–H and O–H groups in total. The quantitative estimate of drug-likeness (QED) is 0.626. The number of aliphatic hydroxyl groups excluding tert-OH is 2. The molecular weight excluding hydrogens is 182 g/mol. The van der Waals surface area contributed by atoms with E-state index in [4.69, 9.17) is 0 Å². The number of β-amino-alcohol motifs (C(OH)–C–C–N with tert-alkyl or cyclic N) is 1. The van der Waals surface area contributed by atoms with Crippen molar-refractivity contribution in [3.05, 3.63) is 18.3 Å². The number of aliphatic hydroxyl groups is 2. The third kappa shape index (κ3) is 1.83. The Morgan fingerprint density at radius 3 is 2.86 bits per heavy atom. The predicted octanol–water partition coefficient (Wildman–Crippen LogP) is -0.592. The zero-order valence-electron chi connectivity index (χ0n) is 7.74. The normalized spacial score (nSPS) is 27.7. The molecule has 0 bridgehead atoms. The summed E-state index contributed by atoms with van der Waals surface area (Å²) in [6.45, 7) is 1.12. The Kier molecular flexibility index (Phi) is 2.60. The summed E-state index contributed by atoms with van der Waals surface area (Å²) in [6.07, 6.45) is 0.880. The van der Waals surface area contributed by atoms with Gasteiger partial charge in [-0.3, -0.25) is 0 Å². The Labute approximate surface area is 82.0 Å². The van der Waals surface area contributed by atoms with Gasteiger partial charge in [0.05, 0.1) is 12.2 Å². The van der Waals surface area contributed by atoms with Gasteiger partial charge in [-0.25, -0.2) is 0 Å². The fourth-order valence-corrected chi connectivity index (χ4v) is 1.59. The first-order valence-electron chi connectivity index (χ1n) is 4.66. The first-order valence-corrected chi connectivity index (χ1v) is 4.66. The van der Waals surface area contributed by atoms with Crippen LogP contribution < -0.4 is 4.90 Å². The number of aromatic nitrogens is 2. The van der Waals surface area contributed by atoms with Gasteiger partial charge in [-0.05, 0) is 18.6 Å². The van der Waals surface area contributed by atoms with Crippen LogP contribution in [0.2, 0.25) is 0 Å². The molecule has 1 aromatic heterocycles. The monoisotopic (exact) mass is 195 g/mol. The molecular formula is C9H13N3O2. The molecule has 14 heavy (non-hydrogen) atoms. The summed E-state index contributed by atoms with van der Waals surface area (Å²) in [5.74, 6) is 0.749. The van der Waals surface area contributed by atoms with Crippen LogP contribution in [-0.4, -0.2) is 45.7 Å². The first-order chi connectivity index (χ1) is 6.77. The highest BCUT2D eigenvalue weighted by atomic mass is 16.3. The van der Waals surface area contributed by atoms with E-state index in [-0.39, 0.29) is 0 Å². The van der Waals surface area contributed by atoms with E-state index in [9.17, 15) is 10.2 Å². The van der Waals surface area contributed by atoms with Crippen molar-refractivity contribution in [1.82, 2.24) is 10.2 Å². The van der Waals surface area contributed by atoms with Crippen molar-refractivity contribution in [2.24, 2.45) is 0 Å². The molecule has 2 unspecified atom stereocenters. The number of rotatable bonds is 1. The van der Waals surface area contributed by atoms with Crippen molar-refractivity contribution in [3.8, 4) is 0 Å². The van der Waals surface area contributed by atoms with Crippen LogP contribution in [0.3, 0.4) is 0 Å². The summed E-state index contributed by atoms with van der Waals surface area (Å²) in [5.41, 5.74) is 0. The van der Waals surface area contributed by atoms with Gasteiger partial charge in [0.1, 0.15) is 0 Å². The lowest BCUT2D eigenvalue weighted by Gasteiger charge is -2.33. The minimum Gasteiger partial charge on any atom is -0.390 e. The molecule has 2 atom stereocenters. The van der Waals surface area contributed by atoms with E-state index in [1.165, 1.54) is 0 Å². The Morgan fingerprint density at radius 1 is 1.36 bits per heavy atom. The van der Waals surface area contributed by atoms with E-state index < -0.39 is 12.2 Å². The van der Waals surface area contributed by atoms with Gasteiger partial charge in [0, 0.05) is 19.3 Å². The van der Waals surface area contributed by atoms with Crippen molar-refractivity contribution in [2.45, 2.75) is 18.6 Å². The van der Waals surface area contributed by atoms with Crippen molar-refractivity contribution < 1.29 is 10.2 Å². The lowest BCUT2D eigenvalue weighted by atomic mass is 10.1. The largest absolute Gasteiger partial charge is 0.390 e. The number of hydrogen-bond acceptors (Lipinski definition) is 5. The second-order valence-corrected chi connectivity index (χ2v) is 3.45. The number of nitrogens with zero attached hydrogens (tertiary/aromatic N) is 3. The third-order valence-corrected chi connectivity index (χ3v) is 2.43. The molecule has 1 aliphatic heterocycles. The average molecular weight is 195 g/mol. The van der Waals surface area contributed by atoms with Crippen LogP contribution in [0.4, 0.5) is 5.82 Å². The lowest BCUT2D eigenvalue weighted by molar-refractivity contribution is 0.00783. The topological polar surface area (TPSA) is 69.5 Å². The van der Waals surface area contributed by atoms with Crippen LogP contribution in [0.1, 0.15) is 6.42 Å². The summed E-state index contributed by atoms with van der Waals surface area (Å²) < 4.78 is 0. The fraction of sp³-hybridized carbons (Fsp3) is 0.556. The molecule has 1 fully saturated rings. The number of anilines is 1. The van der Waals surface area contributed by atoms with Gasteiger partial charge in [0.2, 0.25) is 0 Å². The maximum absolute atomic E-state index is 9.47. The van der Waals surface area contributed by atoms with E-state index in [2.05, 4.69) is 10.2 Å². The summed E-state index contributed by atoms with van der Waals surface area (Å²) in [6, 6.07) is 3.65. The fourth-order valence-electron chi connectivity index (χ4n) is 1.59. The zero-order chi connectivity index (χ0) is 9.97. The Balaban J connectivity index is 2.07. The minimum absolute atomic E-state index is 0.417. The predicted molar refractivity (Wildman–Crippen MR) is 50.9 cm³/mol. The molecule has 1 aliphatic rings. The van der Waals surface area contributed by atoms with Gasteiger partial charge in [0.15, 0.2) is 5.82 Å². The van der Waals surface area contributed by atoms with Gasteiger partial charge >= 0.3 is 0 Å². The van der Waals surface area contributed by atoms with Gasteiger partial charge in [-0.15, -0.1) is 5.10 Å². The molecule has 2 rings (SSSR count). The summed E-state index contributed by atoms with van der Waals surface area (Å²) >= 11 is 0. The Morgan fingerprint density at radius 2 is 2.21 bits per heavy atom. The summed E-state index contributed by atoms with van der Waals surface area (Å²) in [4.78, 5) is 1.92. The van der Waals surface area contributed by atoms with Crippen LogP contribution in [0, 0.1) is 0 Å². The van der Waals surface area contributed by atoms with E-state index in [1.54, 1.807) is 12.3 Å². The van der Waals surface area contributed by atoms with Crippen molar-refractivity contribution in [2.75, 3.05) is 18.0 Å². The second kappa shape index (κ2) is 3.89. The van der Waals surface area contributed by atoms with E-state index >= 15 is 0 Å². The van der Waals surface area contributed by atoms with Gasteiger partial charge in [-0.2, -0.15) is 5.10 Å². The highest BCUT2D eigenvalue weighted by molar-refractivity contribution is 5.37. The molecule has 76 valence electrons. The Hall–Kier alpha value is -1.20. The third-order valence-electron chi connectivity index (χ3n) is 2.43. The minimum atomic E-state index is -0.689. The van der Waals surface area contributed by atoms with Crippen molar-refractivity contribution >= 4 is 5.82 Å². The summed E-state index contributed by atoms with van der Waals surface area (Å²) in [5, 5.41) is 26.5. The first kappa shape index (κ1) is 9.36. The van der Waals surface area contributed by atoms with Gasteiger partial charge in [0.25, 0.3) is 0 Å². The van der Waals surface area contributed by atoms with Crippen molar-refractivity contribution in [1.29, 1.82) is 0 Å². The SMILES string of the molecule is OC1CCN(c2cccnn2)CC1O. The van der Waals surface area contributed by atoms with Gasteiger partial charge in [-0.1, -0.05) is 0 Å². The molecule has 0 amide bonds. The molecule has 5 heteroatoms.